The molecule has 1 aromatic heterocycles. The van der Waals surface area contributed by atoms with Crippen LogP contribution in [0.15, 0.2) is 35.2 Å². The number of rotatable bonds is 6. The molecule has 2 aromatic rings. The Labute approximate surface area is 172 Å². The number of ether oxygens (including phenoxy) is 1. The first-order valence-corrected chi connectivity index (χ1v) is 11.8. The predicted molar refractivity (Wildman–Crippen MR) is 112 cm³/mol. The van der Waals surface area contributed by atoms with Gasteiger partial charge in [0.1, 0.15) is 5.82 Å². The highest BCUT2D eigenvalue weighted by atomic mass is 32.2. The number of nitrogens with one attached hydrogen (secondary N) is 1. The van der Waals surface area contributed by atoms with E-state index in [0.717, 1.165) is 56.4 Å². The van der Waals surface area contributed by atoms with E-state index in [-0.39, 0.29) is 6.10 Å². The van der Waals surface area contributed by atoms with Crippen LogP contribution in [0, 0.1) is 6.92 Å². The largest absolute Gasteiger partial charge is 0.376 e. The summed E-state index contributed by atoms with van der Waals surface area (Å²) in [6.07, 6.45) is 5.33. The summed E-state index contributed by atoms with van der Waals surface area (Å²) in [7, 11) is -3.49. The number of aryl methyl sites for hydroxylation is 1. The Bertz CT molecular complexity index is 935. The van der Waals surface area contributed by atoms with Gasteiger partial charge in [-0.1, -0.05) is 18.6 Å². The van der Waals surface area contributed by atoms with Gasteiger partial charge in [0.05, 0.1) is 16.7 Å². The van der Waals surface area contributed by atoms with Crippen LogP contribution < -0.4 is 5.32 Å². The van der Waals surface area contributed by atoms with Crippen LogP contribution in [0.2, 0.25) is 0 Å². The van der Waals surface area contributed by atoms with E-state index in [4.69, 9.17) is 4.74 Å². The van der Waals surface area contributed by atoms with Crippen LogP contribution in [-0.2, 0) is 14.8 Å². The smallest absolute Gasteiger partial charge is 0.243 e. The summed E-state index contributed by atoms with van der Waals surface area (Å²) in [5.74, 6) is 0.692. The molecule has 2 aliphatic rings. The Balaban J connectivity index is 1.52. The van der Waals surface area contributed by atoms with E-state index in [0.29, 0.717) is 29.5 Å². The first kappa shape index (κ1) is 20.3. The molecule has 3 heterocycles. The lowest BCUT2D eigenvalue weighted by molar-refractivity contribution is 0.120. The average Bonchev–Trinajstić information content (AvgIpc) is 3.27. The summed E-state index contributed by atoms with van der Waals surface area (Å²) < 4.78 is 33.5. The third-order valence-corrected chi connectivity index (χ3v) is 7.66. The van der Waals surface area contributed by atoms with Gasteiger partial charge in [-0.2, -0.15) is 4.31 Å². The number of anilines is 1. The van der Waals surface area contributed by atoms with Crippen molar-refractivity contribution >= 4 is 15.8 Å². The van der Waals surface area contributed by atoms with Crippen molar-refractivity contribution in [3.63, 3.8) is 0 Å². The molecule has 2 fully saturated rings. The second-order valence-electron chi connectivity index (χ2n) is 7.76. The standard InChI is InChI=1S/C21H28N4O3S/c1-16-7-8-17(14-20(16)29(26,27)25-11-3-2-4-12-25)19-9-10-21(24-23-19)22-15-18-6-5-13-28-18/h7-10,14,18H,2-6,11-13,15H2,1H3,(H,22,24)/t18-/m1/s1. The fourth-order valence-electron chi connectivity index (χ4n) is 3.89. The van der Waals surface area contributed by atoms with Gasteiger partial charge in [-0.05, 0) is 56.4 Å². The summed E-state index contributed by atoms with van der Waals surface area (Å²) in [5.41, 5.74) is 2.16. The monoisotopic (exact) mass is 416 g/mol. The van der Waals surface area contributed by atoms with Crippen molar-refractivity contribution in [1.82, 2.24) is 14.5 Å². The zero-order chi connectivity index (χ0) is 20.3. The minimum absolute atomic E-state index is 0.233. The molecule has 4 rings (SSSR count). The molecule has 156 valence electrons. The minimum atomic E-state index is -3.49. The SMILES string of the molecule is Cc1ccc(-c2ccc(NC[C@H]3CCCO3)nn2)cc1S(=O)(=O)N1CCCCC1. The van der Waals surface area contributed by atoms with Crippen molar-refractivity contribution < 1.29 is 13.2 Å². The molecule has 0 radical (unpaired) electrons. The molecule has 1 N–H and O–H groups in total. The van der Waals surface area contributed by atoms with Crippen LogP contribution in [-0.4, -0.2) is 55.3 Å². The highest BCUT2D eigenvalue weighted by Crippen LogP contribution is 2.28. The normalized spacial score (nSPS) is 20.7. The van der Waals surface area contributed by atoms with Gasteiger partial charge >= 0.3 is 0 Å². The van der Waals surface area contributed by atoms with Crippen LogP contribution in [0.1, 0.15) is 37.7 Å². The van der Waals surface area contributed by atoms with E-state index in [1.54, 1.807) is 10.4 Å². The quantitative estimate of drug-likeness (QED) is 0.778. The van der Waals surface area contributed by atoms with Crippen molar-refractivity contribution in [3.8, 4) is 11.3 Å². The second kappa shape index (κ2) is 8.77. The van der Waals surface area contributed by atoms with E-state index in [2.05, 4.69) is 15.5 Å². The molecule has 2 aliphatic heterocycles. The van der Waals surface area contributed by atoms with Gasteiger partial charge in [0.25, 0.3) is 0 Å². The maximum Gasteiger partial charge on any atom is 0.243 e. The summed E-state index contributed by atoms with van der Waals surface area (Å²) in [4.78, 5) is 0.360. The molecule has 2 saturated heterocycles. The van der Waals surface area contributed by atoms with Gasteiger partial charge in [-0.3, -0.25) is 0 Å². The van der Waals surface area contributed by atoms with E-state index in [1.165, 1.54) is 0 Å². The van der Waals surface area contributed by atoms with Crippen molar-refractivity contribution in [2.45, 2.75) is 50.0 Å². The summed E-state index contributed by atoms with van der Waals surface area (Å²) in [6, 6.07) is 9.21. The highest BCUT2D eigenvalue weighted by molar-refractivity contribution is 7.89. The van der Waals surface area contributed by atoms with E-state index in [9.17, 15) is 8.42 Å². The van der Waals surface area contributed by atoms with E-state index < -0.39 is 10.0 Å². The number of aromatic nitrogens is 2. The van der Waals surface area contributed by atoms with Crippen molar-refractivity contribution in [2.75, 3.05) is 31.6 Å². The Hall–Kier alpha value is -2.03. The van der Waals surface area contributed by atoms with Crippen molar-refractivity contribution in [2.24, 2.45) is 0 Å². The Kier molecular flexibility index (Phi) is 6.12. The van der Waals surface area contributed by atoms with Crippen LogP contribution >= 0.6 is 0 Å². The lowest BCUT2D eigenvalue weighted by Gasteiger charge is -2.26. The molecule has 0 unspecified atom stereocenters. The molecule has 0 aliphatic carbocycles. The van der Waals surface area contributed by atoms with Crippen LogP contribution in [0.5, 0.6) is 0 Å². The Morgan fingerprint density at radius 1 is 1.10 bits per heavy atom. The maximum absolute atomic E-state index is 13.1. The number of benzene rings is 1. The fourth-order valence-corrected chi connectivity index (χ4v) is 5.65. The molecule has 0 bridgehead atoms. The number of piperidine rings is 1. The lowest BCUT2D eigenvalue weighted by atomic mass is 10.1. The van der Waals surface area contributed by atoms with Crippen LogP contribution in [0.4, 0.5) is 5.82 Å². The van der Waals surface area contributed by atoms with Crippen molar-refractivity contribution in [3.05, 3.63) is 35.9 Å². The molecule has 0 saturated carbocycles. The van der Waals surface area contributed by atoms with Crippen LogP contribution in [0.25, 0.3) is 11.3 Å². The molecule has 1 atom stereocenters. The zero-order valence-corrected chi connectivity index (χ0v) is 17.6. The van der Waals surface area contributed by atoms with Gasteiger partial charge < -0.3 is 10.1 Å². The van der Waals surface area contributed by atoms with Crippen LogP contribution in [0.3, 0.4) is 0 Å². The molecule has 0 amide bonds. The van der Waals surface area contributed by atoms with E-state index >= 15 is 0 Å². The summed E-state index contributed by atoms with van der Waals surface area (Å²) in [6.45, 7) is 4.57. The zero-order valence-electron chi connectivity index (χ0n) is 16.8. The Morgan fingerprint density at radius 2 is 1.93 bits per heavy atom. The van der Waals surface area contributed by atoms with Crippen molar-refractivity contribution in [1.29, 1.82) is 0 Å². The van der Waals surface area contributed by atoms with Gasteiger partial charge in [0.2, 0.25) is 10.0 Å². The third kappa shape index (κ3) is 4.60. The molecule has 7 nitrogen and oxygen atoms in total. The first-order valence-electron chi connectivity index (χ1n) is 10.3. The lowest BCUT2D eigenvalue weighted by Crippen LogP contribution is -2.35. The predicted octanol–water partition coefficient (Wildman–Crippen LogP) is 3.22. The maximum atomic E-state index is 13.1. The van der Waals surface area contributed by atoms with Gasteiger partial charge in [0.15, 0.2) is 0 Å². The number of sulfonamides is 1. The number of nitrogens with zero attached hydrogens (tertiary/aromatic N) is 3. The Morgan fingerprint density at radius 3 is 2.62 bits per heavy atom. The molecule has 1 aromatic carbocycles. The van der Waals surface area contributed by atoms with Gasteiger partial charge in [-0.25, -0.2) is 8.42 Å². The third-order valence-electron chi connectivity index (χ3n) is 5.62. The molecule has 8 heteroatoms. The first-order chi connectivity index (χ1) is 14.0. The molecular formula is C21H28N4O3S. The van der Waals surface area contributed by atoms with E-state index in [1.807, 2.05) is 31.2 Å². The molecule has 29 heavy (non-hydrogen) atoms. The highest BCUT2D eigenvalue weighted by Gasteiger charge is 2.27. The minimum Gasteiger partial charge on any atom is -0.376 e. The molecular weight excluding hydrogens is 388 g/mol. The second-order valence-corrected chi connectivity index (χ2v) is 9.67. The summed E-state index contributed by atoms with van der Waals surface area (Å²) >= 11 is 0. The fraction of sp³-hybridized carbons (Fsp3) is 0.524. The molecule has 0 spiro atoms. The topological polar surface area (TPSA) is 84.4 Å². The summed E-state index contributed by atoms with van der Waals surface area (Å²) in [5, 5.41) is 11.8. The van der Waals surface area contributed by atoms with Gasteiger partial charge in [-0.15, -0.1) is 10.2 Å². The van der Waals surface area contributed by atoms with Gasteiger partial charge in [0, 0.05) is 31.8 Å². The number of hydrogen-bond donors (Lipinski definition) is 1. The number of hydrogen-bond acceptors (Lipinski definition) is 6. The average molecular weight is 417 g/mol.